The molecule has 3 heteroatoms. The summed E-state index contributed by atoms with van der Waals surface area (Å²) in [6, 6.07) is 28.3. The SMILES string of the molecule is C[C@]12CN3CCc4ccccc4[C@@H]3[C@](c3ccccc3)(C1)C(=O)[C@@]2(O)c1ccccc1. The quantitative estimate of drug-likeness (QED) is 0.682. The van der Waals surface area contributed by atoms with Crippen LogP contribution in [0.4, 0.5) is 0 Å². The first kappa shape index (κ1) is 19.0. The monoisotopic (exact) mass is 409 g/mol. The van der Waals surface area contributed by atoms with Gasteiger partial charge in [-0.15, -0.1) is 0 Å². The van der Waals surface area contributed by atoms with Gasteiger partial charge >= 0.3 is 0 Å². The van der Waals surface area contributed by atoms with Gasteiger partial charge < -0.3 is 5.11 Å². The molecule has 0 unspecified atom stereocenters. The van der Waals surface area contributed by atoms with Crippen LogP contribution in [0.15, 0.2) is 84.9 Å². The molecule has 1 aliphatic carbocycles. The predicted octanol–water partition coefficient (Wildman–Crippen LogP) is 4.40. The highest BCUT2D eigenvalue weighted by atomic mass is 16.3. The zero-order chi connectivity index (χ0) is 21.3. The number of carbonyl (C=O) groups is 1. The van der Waals surface area contributed by atoms with E-state index in [1.807, 2.05) is 48.5 Å². The first-order valence-corrected chi connectivity index (χ1v) is 11.2. The van der Waals surface area contributed by atoms with E-state index >= 15 is 0 Å². The third-order valence-corrected chi connectivity index (χ3v) is 8.16. The van der Waals surface area contributed by atoms with Crippen LogP contribution in [-0.2, 0) is 22.2 Å². The summed E-state index contributed by atoms with van der Waals surface area (Å²) in [5.41, 5.74) is 1.43. The molecule has 2 bridgehead atoms. The van der Waals surface area contributed by atoms with Crippen molar-refractivity contribution in [1.29, 1.82) is 0 Å². The molecule has 1 saturated heterocycles. The van der Waals surface area contributed by atoms with Gasteiger partial charge in [-0.25, -0.2) is 0 Å². The third-order valence-electron chi connectivity index (χ3n) is 8.16. The van der Waals surface area contributed by atoms with Crippen LogP contribution in [0.25, 0.3) is 0 Å². The number of fused-ring (bicyclic) bond motifs is 6. The van der Waals surface area contributed by atoms with Gasteiger partial charge in [-0.05, 0) is 35.1 Å². The number of benzene rings is 3. The van der Waals surface area contributed by atoms with Crippen LogP contribution in [0.5, 0.6) is 0 Å². The highest BCUT2D eigenvalue weighted by Gasteiger charge is 2.74. The number of Topliss-reactive ketones (excluding diaryl/α,β-unsaturated/α-hetero) is 1. The Bertz CT molecular complexity index is 1160. The van der Waals surface area contributed by atoms with Crippen molar-refractivity contribution in [1.82, 2.24) is 4.90 Å². The lowest BCUT2D eigenvalue weighted by Gasteiger charge is -2.53. The number of hydrogen-bond acceptors (Lipinski definition) is 3. The Labute approximate surface area is 183 Å². The molecule has 2 aliphatic heterocycles. The number of aliphatic hydroxyl groups is 1. The molecule has 1 saturated carbocycles. The zero-order valence-electron chi connectivity index (χ0n) is 17.8. The molecule has 0 amide bonds. The molecule has 1 N–H and O–H groups in total. The minimum absolute atomic E-state index is 0.0518. The number of ketones is 1. The molecule has 3 aromatic carbocycles. The topological polar surface area (TPSA) is 40.5 Å². The first-order valence-electron chi connectivity index (χ1n) is 11.2. The van der Waals surface area contributed by atoms with E-state index in [1.165, 1.54) is 11.1 Å². The van der Waals surface area contributed by atoms with Crippen molar-refractivity contribution in [2.75, 3.05) is 13.1 Å². The van der Waals surface area contributed by atoms with Crippen LogP contribution < -0.4 is 0 Å². The van der Waals surface area contributed by atoms with Crippen LogP contribution in [-0.4, -0.2) is 28.9 Å². The highest BCUT2D eigenvalue weighted by Crippen LogP contribution is 2.67. The number of nitrogens with zero attached hydrogens (tertiary/aromatic N) is 1. The minimum Gasteiger partial charge on any atom is -0.377 e. The van der Waals surface area contributed by atoms with Crippen molar-refractivity contribution in [3.63, 3.8) is 0 Å². The van der Waals surface area contributed by atoms with Gasteiger partial charge in [0.15, 0.2) is 11.4 Å². The summed E-state index contributed by atoms with van der Waals surface area (Å²) in [6.45, 7) is 3.72. The Hall–Kier alpha value is -2.75. The van der Waals surface area contributed by atoms with E-state index in [9.17, 15) is 9.90 Å². The maximum atomic E-state index is 14.6. The van der Waals surface area contributed by atoms with Crippen molar-refractivity contribution in [3.05, 3.63) is 107 Å². The molecule has 6 rings (SSSR count). The fourth-order valence-electron chi connectivity index (χ4n) is 6.91. The molecule has 3 aliphatic rings. The summed E-state index contributed by atoms with van der Waals surface area (Å²) in [5.74, 6) is -0.0518. The fraction of sp³-hybridized carbons (Fsp3) is 0.321. The number of rotatable bonds is 2. The molecule has 156 valence electrons. The maximum absolute atomic E-state index is 14.6. The normalized spacial score (nSPS) is 34.3. The van der Waals surface area contributed by atoms with E-state index in [2.05, 4.69) is 48.2 Å². The van der Waals surface area contributed by atoms with E-state index < -0.39 is 16.4 Å². The number of hydrogen-bond donors (Lipinski definition) is 1. The van der Waals surface area contributed by atoms with Gasteiger partial charge in [-0.1, -0.05) is 91.9 Å². The minimum atomic E-state index is -1.52. The van der Waals surface area contributed by atoms with E-state index in [0.29, 0.717) is 18.5 Å². The summed E-state index contributed by atoms with van der Waals surface area (Å²) >= 11 is 0. The molecule has 0 radical (unpaired) electrons. The van der Waals surface area contributed by atoms with Crippen molar-refractivity contribution < 1.29 is 9.90 Å². The van der Waals surface area contributed by atoms with Crippen molar-refractivity contribution in [2.24, 2.45) is 5.41 Å². The Morgan fingerprint density at radius 1 is 0.871 bits per heavy atom. The average molecular weight is 410 g/mol. The van der Waals surface area contributed by atoms with Gasteiger partial charge in [0.25, 0.3) is 0 Å². The van der Waals surface area contributed by atoms with E-state index in [0.717, 1.165) is 18.5 Å². The highest BCUT2D eigenvalue weighted by molar-refractivity contribution is 6.02. The Kier molecular flexibility index (Phi) is 3.91. The lowest BCUT2D eigenvalue weighted by molar-refractivity contribution is -0.145. The first-order chi connectivity index (χ1) is 15.0. The fourth-order valence-corrected chi connectivity index (χ4v) is 6.91. The van der Waals surface area contributed by atoms with Gasteiger partial charge in [0.05, 0.1) is 11.5 Å². The Morgan fingerprint density at radius 3 is 2.19 bits per heavy atom. The molecule has 2 fully saturated rings. The molecule has 2 heterocycles. The van der Waals surface area contributed by atoms with Crippen molar-refractivity contribution in [2.45, 2.75) is 36.8 Å². The molecular formula is C28H27NO2. The average Bonchev–Trinajstić information content (AvgIpc) is 2.96. The van der Waals surface area contributed by atoms with Crippen molar-refractivity contribution in [3.8, 4) is 0 Å². The molecular weight excluding hydrogens is 382 g/mol. The molecule has 0 spiro atoms. The van der Waals surface area contributed by atoms with E-state index in [1.54, 1.807) is 0 Å². The van der Waals surface area contributed by atoms with Crippen LogP contribution in [0.3, 0.4) is 0 Å². The maximum Gasteiger partial charge on any atom is 0.181 e. The van der Waals surface area contributed by atoms with Crippen LogP contribution in [0.1, 0.15) is 41.6 Å². The smallest absolute Gasteiger partial charge is 0.181 e. The standard InChI is InChI=1S/C28H27NO2/c1-26-18-27(21-11-4-2-5-12-21,25(30)28(26,31)22-13-6-3-7-14-22)24-23-15-9-8-10-20(23)16-17-29(24)19-26/h2-15,24,31H,16-19H2,1H3/t24-,26-,27-,28+/m1/s1. The number of piperidine rings is 1. The van der Waals surface area contributed by atoms with Gasteiger partial charge in [-0.3, -0.25) is 9.69 Å². The largest absolute Gasteiger partial charge is 0.377 e. The second-order valence-corrected chi connectivity index (χ2v) is 9.80. The number of carbonyl (C=O) groups excluding carboxylic acids is 1. The van der Waals surface area contributed by atoms with Gasteiger partial charge in [0, 0.05) is 18.5 Å². The Morgan fingerprint density at radius 2 is 1.48 bits per heavy atom. The Balaban J connectivity index is 1.66. The van der Waals surface area contributed by atoms with E-state index in [4.69, 9.17) is 0 Å². The van der Waals surface area contributed by atoms with Gasteiger partial charge in [0.1, 0.15) is 0 Å². The lowest BCUT2D eigenvalue weighted by Crippen LogP contribution is -2.55. The van der Waals surface area contributed by atoms with Gasteiger partial charge in [0.2, 0.25) is 0 Å². The predicted molar refractivity (Wildman–Crippen MR) is 121 cm³/mol. The summed E-state index contributed by atoms with van der Waals surface area (Å²) in [5, 5.41) is 12.3. The summed E-state index contributed by atoms with van der Waals surface area (Å²) < 4.78 is 0. The second kappa shape index (κ2) is 6.38. The third kappa shape index (κ3) is 2.28. The second-order valence-electron chi connectivity index (χ2n) is 9.80. The molecule has 3 aromatic rings. The zero-order valence-corrected chi connectivity index (χ0v) is 17.8. The van der Waals surface area contributed by atoms with E-state index in [-0.39, 0.29) is 11.8 Å². The summed E-state index contributed by atoms with van der Waals surface area (Å²) in [6.07, 6.45) is 1.62. The molecule has 4 atom stereocenters. The van der Waals surface area contributed by atoms with Crippen LogP contribution in [0, 0.1) is 5.41 Å². The van der Waals surface area contributed by atoms with Crippen molar-refractivity contribution >= 4 is 5.78 Å². The molecule has 0 aromatic heterocycles. The van der Waals surface area contributed by atoms with Crippen LogP contribution in [0.2, 0.25) is 0 Å². The summed E-state index contributed by atoms with van der Waals surface area (Å²) in [7, 11) is 0. The van der Waals surface area contributed by atoms with Crippen LogP contribution >= 0.6 is 0 Å². The lowest BCUT2D eigenvalue weighted by atomic mass is 9.63. The summed E-state index contributed by atoms with van der Waals surface area (Å²) in [4.78, 5) is 17.1. The molecule has 31 heavy (non-hydrogen) atoms. The molecule has 3 nitrogen and oxygen atoms in total. The van der Waals surface area contributed by atoms with Gasteiger partial charge in [-0.2, -0.15) is 0 Å².